The number of ether oxygens (including phenoxy) is 3. The Hall–Kier alpha value is -2.73. The van der Waals surface area contributed by atoms with E-state index >= 15 is 0 Å². The molecule has 2 aromatic rings. The van der Waals surface area contributed by atoms with E-state index in [0.717, 1.165) is 38.3 Å². The van der Waals surface area contributed by atoms with Gasteiger partial charge in [0.2, 0.25) is 0 Å². The van der Waals surface area contributed by atoms with E-state index in [4.69, 9.17) is 14.2 Å². The Morgan fingerprint density at radius 2 is 1.57 bits per heavy atom. The van der Waals surface area contributed by atoms with Crippen LogP contribution in [0.4, 0.5) is 0 Å². The number of carbonyl (C=O) groups excluding carboxylic acids is 1. The molecule has 6 nitrogen and oxygen atoms in total. The molecule has 2 aromatic carbocycles. The first-order valence-corrected chi connectivity index (χ1v) is 9.51. The third kappa shape index (κ3) is 4.75. The van der Waals surface area contributed by atoms with Crippen molar-refractivity contribution in [2.24, 2.45) is 0 Å². The molecule has 0 atom stereocenters. The van der Waals surface area contributed by atoms with Crippen LogP contribution >= 0.6 is 0 Å². The molecule has 0 aliphatic carbocycles. The minimum atomic E-state index is -0.0120. The third-order valence-corrected chi connectivity index (χ3v) is 5.08. The monoisotopic (exact) mass is 384 g/mol. The molecule has 0 bridgehead atoms. The molecular weight excluding hydrogens is 356 g/mol. The first-order chi connectivity index (χ1) is 13.6. The highest BCUT2D eigenvalue weighted by atomic mass is 16.5. The fourth-order valence-electron chi connectivity index (χ4n) is 3.47. The van der Waals surface area contributed by atoms with Gasteiger partial charge in [-0.2, -0.15) is 0 Å². The van der Waals surface area contributed by atoms with Crippen LogP contribution in [-0.2, 0) is 6.54 Å². The van der Waals surface area contributed by atoms with Gasteiger partial charge < -0.3 is 19.1 Å². The summed E-state index contributed by atoms with van der Waals surface area (Å²) in [6.45, 7) is 4.09. The summed E-state index contributed by atoms with van der Waals surface area (Å²) in [6, 6.07) is 13.5. The van der Waals surface area contributed by atoms with Crippen LogP contribution in [-0.4, -0.2) is 63.2 Å². The van der Waals surface area contributed by atoms with Gasteiger partial charge in [-0.05, 0) is 42.3 Å². The summed E-state index contributed by atoms with van der Waals surface area (Å²) >= 11 is 0. The highest BCUT2D eigenvalue weighted by Crippen LogP contribution is 2.26. The van der Waals surface area contributed by atoms with Gasteiger partial charge >= 0.3 is 0 Å². The fraction of sp³-hybridized carbons (Fsp3) is 0.409. The minimum absolute atomic E-state index is 0.0120. The Bertz CT molecular complexity index is 792. The Morgan fingerprint density at radius 3 is 2.25 bits per heavy atom. The maximum atomic E-state index is 13.1. The number of rotatable bonds is 6. The normalized spacial score (nSPS) is 15.0. The highest BCUT2D eigenvalue weighted by Gasteiger charge is 2.23. The summed E-state index contributed by atoms with van der Waals surface area (Å²) in [5.74, 6) is 2.08. The van der Waals surface area contributed by atoms with E-state index in [1.807, 2.05) is 17.0 Å². The zero-order chi connectivity index (χ0) is 19.9. The van der Waals surface area contributed by atoms with Gasteiger partial charge in [-0.25, -0.2) is 0 Å². The maximum Gasteiger partial charge on any atom is 0.257 e. The van der Waals surface area contributed by atoms with Crippen molar-refractivity contribution >= 4 is 5.91 Å². The molecular formula is C22H28N2O4. The van der Waals surface area contributed by atoms with Gasteiger partial charge in [0.1, 0.15) is 17.2 Å². The van der Waals surface area contributed by atoms with E-state index in [-0.39, 0.29) is 5.91 Å². The van der Waals surface area contributed by atoms with Crippen molar-refractivity contribution < 1.29 is 19.0 Å². The Labute approximate surface area is 166 Å². The van der Waals surface area contributed by atoms with Gasteiger partial charge in [0, 0.05) is 32.7 Å². The standard InChI is InChI=1S/C22H28N2O4/c1-26-18-7-5-17(6-8-18)16-23-11-4-12-24(14-13-23)22(25)20-15-19(27-2)9-10-21(20)28-3/h5-10,15H,4,11-14,16H2,1-3H3. The second-order valence-electron chi connectivity index (χ2n) is 6.84. The van der Waals surface area contributed by atoms with Crippen molar-refractivity contribution in [2.45, 2.75) is 13.0 Å². The molecule has 1 aliphatic heterocycles. The van der Waals surface area contributed by atoms with Crippen LogP contribution in [0.3, 0.4) is 0 Å². The van der Waals surface area contributed by atoms with Crippen molar-refractivity contribution in [3.05, 3.63) is 53.6 Å². The van der Waals surface area contributed by atoms with Crippen LogP contribution in [0.1, 0.15) is 22.3 Å². The van der Waals surface area contributed by atoms with Crippen LogP contribution in [0.15, 0.2) is 42.5 Å². The molecule has 150 valence electrons. The molecule has 0 unspecified atom stereocenters. The van der Waals surface area contributed by atoms with Gasteiger partial charge in [0.25, 0.3) is 5.91 Å². The highest BCUT2D eigenvalue weighted by molar-refractivity contribution is 5.97. The summed E-state index contributed by atoms with van der Waals surface area (Å²) in [5, 5.41) is 0. The lowest BCUT2D eigenvalue weighted by Gasteiger charge is -2.23. The predicted octanol–water partition coefficient (Wildman–Crippen LogP) is 3.06. The Kier molecular flexibility index (Phi) is 6.76. The second-order valence-corrected chi connectivity index (χ2v) is 6.84. The van der Waals surface area contributed by atoms with Crippen LogP contribution in [0.25, 0.3) is 0 Å². The topological polar surface area (TPSA) is 51.2 Å². The van der Waals surface area contributed by atoms with Crippen molar-refractivity contribution in [2.75, 3.05) is 47.5 Å². The average molecular weight is 384 g/mol. The van der Waals surface area contributed by atoms with E-state index in [1.165, 1.54) is 5.56 Å². The molecule has 1 amide bonds. The van der Waals surface area contributed by atoms with Crippen molar-refractivity contribution in [3.8, 4) is 17.2 Å². The number of amides is 1. The van der Waals surface area contributed by atoms with Gasteiger partial charge in [0.05, 0.1) is 26.9 Å². The number of hydrogen-bond donors (Lipinski definition) is 0. The van der Waals surface area contributed by atoms with E-state index in [2.05, 4.69) is 17.0 Å². The quantitative estimate of drug-likeness (QED) is 0.766. The van der Waals surface area contributed by atoms with Crippen molar-refractivity contribution in [1.82, 2.24) is 9.80 Å². The number of methoxy groups -OCH3 is 3. The predicted molar refractivity (Wildman–Crippen MR) is 108 cm³/mol. The fourth-order valence-corrected chi connectivity index (χ4v) is 3.47. The number of carbonyl (C=O) groups is 1. The van der Waals surface area contributed by atoms with E-state index in [9.17, 15) is 4.79 Å². The SMILES string of the molecule is COc1ccc(CN2CCCN(C(=O)c3cc(OC)ccc3OC)CC2)cc1. The largest absolute Gasteiger partial charge is 0.497 e. The van der Waals surface area contributed by atoms with Gasteiger partial charge in [-0.3, -0.25) is 9.69 Å². The molecule has 0 aromatic heterocycles. The van der Waals surface area contributed by atoms with E-state index < -0.39 is 0 Å². The van der Waals surface area contributed by atoms with E-state index in [0.29, 0.717) is 23.6 Å². The molecule has 1 aliphatic rings. The molecule has 3 rings (SSSR count). The molecule has 1 fully saturated rings. The number of benzene rings is 2. The second kappa shape index (κ2) is 9.46. The third-order valence-electron chi connectivity index (χ3n) is 5.08. The lowest BCUT2D eigenvalue weighted by Crippen LogP contribution is -2.35. The summed E-state index contributed by atoms with van der Waals surface area (Å²) in [7, 11) is 4.85. The lowest BCUT2D eigenvalue weighted by atomic mass is 10.1. The summed E-state index contributed by atoms with van der Waals surface area (Å²) < 4.78 is 15.9. The van der Waals surface area contributed by atoms with Crippen molar-refractivity contribution in [1.29, 1.82) is 0 Å². The molecule has 0 saturated carbocycles. The molecule has 1 heterocycles. The lowest BCUT2D eigenvalue weighted by molar-refractivity contribution is 0.0757. The maximum absolute atomic E-state index is 13.1. The first-order valence-electron chi connectivity index (χ1n) is 9.51. The van der Waals surface area contributed by atoms with Gasteiger partial charge in [-0.15, -0.1) is 0 Å². The summed E-state index contributed by atoms with van der Waals surface area (Å²) in [5.41, 5.74) is 1.79. The minimum Gasteiger partial charge on any atom is -0.497 e. The molecule has 1 saturated heterocycles. The van der Waals surface area contributed by atoms with Gasteiger partial charge in [0.15, 0.2) is 0 Å². The summed E-state index contributed by atoms with van der Waals surface area (Å²) in [4.78, 5) is 17.4. The molecule has 0 N–H and O–H groups in total. The molecule has 0 spiro atoms. The number of hydrogen-bond acceptors (Lipinski definition) is 5. The number of nitrogens with zero attached hydrogens (tertiary/aromatic N) is 2. The van der Waals surface area contributed by atoms with Crippen LogP contribution in [0.2, 0.25) is 0 Å². The van der Waals surface area contributed by atoms with E-state index in [1.54, 1.807) is 39.5 Å². The smallest absolute Gasteiger partial charge is 0.257 e. The molecule has 6 heteroatoms. The van der Waals surface area contributed by atoms with Gasteiger partial charge in [-0.1, -0.05) is 12.1 Å². The van der Waals surface area contributed by atoms with Crippen LogP contribution in [0, 0.1) is 0 Å². The zero-order valence-electron chi connectivity index (χ0n) is 16.8. The Morgan fingerprint density at radius 1 is 0.857 bits per heavy atom. The summed E-state index contributed by atoms with van der Waals surface area (Å²) in [6.07, 6.45) is 0.939. The molecule has 28 heavy (non-hydrogen) atoms. The average Bonchev–Trinajstić information content (AvgIpc) is 2.99. The Balaban J connectivity index is 1.65. The zero-order valence-corrected chi connectivity index (χ0v) is 16.8. The van der Waals surface area contributed by atoms with Crippen LogP contribution in [0.5, 0.6) is 17.2 Å². The van der Waals surface area contributed by atoms with Crippen molar-refractivity contribution in [3.63, 3.8) is 0 Å². The first kappa shape index (κ1) is 20.0. The van der Waals surface area contributed by atoms with Crippen LogP contribution < -0.4 is 14.2 Å². The molecule has 0 radical (unpaired) electrons.